The molecule has 18 atom stereocenters. The van der Waals surface area contributed by atoms with Gasteiger partial charge < -0.3 is 95.3 Å². The predicted octanol–water partition coefficient (Wildman–Crippen LogP) is -4.94. The first-order valence-corrected chi connectivity index (χ1v) is 30.2. The van der Waals surface area contributed by atoms with Gasteiger partial charge in [0.05, 0.1) is 25.3 Å². The maximum atomic E-state index is 14.4. The van der Waals surface area contributed by atoms with Gasteiger partial charge in [-0.3, -0.25) is 52.7 Å². The molecule has 11 amide bonds. The molecule has 1 fully saturated rings. The third kappa shape index (κ3) is 22.5. The number of esters is 1. The fourth-order valence-electron chi connectivity index (χ4n) is 9.53. The summed E-state index contributed by atoms with van der Waals surface area (Å²) in [5, 5.41) is 62.2. The Hall–Kier alpha value is -8.03. The van der Waals surface area contributed by atoms with E-state index in [0.29, 0.717) is 19.3 Å². The molecule has 0 aliphatic carbocycles. The van der Waals surface area contributed by atoms with Gasteiger partial charge in [0.25, 0.3) is 0 Å². The van der Waals surface area contributed by atoms with Crippen molar-refractivity contribution in [3.8, 4) is 0 Å². The smallest absolute Gasteiger partial charge is 0.329 e. The Kier molecular flexibility index (Phi) is 30.8. The minimum absolute atomic E-state index is 0.115. The first-order chi connectivity index (χ1) is 42.0. The Morgan fingerprint density at radius 2 is 1.10 bits per heavy atom. The first-order valence-electron chi connectivity index (χ1n) is 30.2. The van der Waals surface area contributed by atoms with Gasteiger partial charge in [0.2, 0.25) is 65.0 Å². The molecular weight excluding hydrogens is 1160 g/mol. The molecule has 0 bridgehead atoms. The molecule has 3 rings (SSSR count). The number of ether oxygens (including phenoxy) is 1. The number of aliphatic hydroxyl groups excluding tert-OH is 3. The van der Waals surface area contributed by atoms with E-state index < -0.39 is 206 Å². The van der Waals surface area contributed by atoms with Gasteiger partial charge in [0.15, 0.2) is 12.2 Å². The highest BCUT2D eigenvalue weighted by Crippen LogP contribution is 2.18. The van der Waals surface area contributed by atoms with E-state index in [2.05, 4.69) is 68.8 Å². The summed E-state index contributed by atoms with van der Waals surface area (Å²) >= 11 is 0. The summed E-state index contributed by atoms with van der Waals surface area (Å²) in [6.07, 6.45) is -2.53. The number of primary amides is 1. The number of nitrogens with zero attached hydrogens (tertiary/aromatic N) is 1. The van der Waals surface area contributed by atoms with Crippen LogP contribution in [0.1, 0.15) is 120 Å². The van der Waals surface area contributed by atoms with E-state index in [0.717, 1.165) is 5.56 Å². The Balaban J connectivity index is 1.85. The van der Waals surface area contributed by atoms with Gasteiger partial charge in [-0.1, -0.05) is 111 Å². The van der Waals surface area contributed by atoms with Gasteiger partial charge >= 0.3 is 5.97 Å². The second kappa shape index (κ2) is 36.5. The SMILES string of the molecule is CC[C@H](C)[C@H](NC(=O)[C@@H](Cc1ccccc1)NC)C(=O)N[C@@H](CO)C(=O)N[C@H](CCC(N)=O)C(=O)N[C@@H](C(=O)N[C@H](C(=O)N[C@@H](CO)C(=O)N[C@H]1C(=O)N[C@@H](C)C(=O)N[C@@H](C[C@@H]2NC(N)=NC2O)C(=O)N[C@@H]([C@@H](C)CC)C(=O)O[C@H]1C)[C@@H](C)CC)[C@@H](C)CC. The van der Waals surface area contributed by atoms with Crippen molar-refractivity contribution in [1.29, 1.82) is 0 Å². The van der Waals surface area contributed by atoms with Crippen LogP contribution in [0.25, 0.3) is 0 Å². The highest BCUT2D eigenvalue weighted by atomic mass is 16.5. The lowest BCUT2D eigenvalue weighted by Gasteiger charge is -2.31. The normalized spacial score (nSPS) is 23.4. The minimum atomic E-state index is -1.85. The molecule has 0 aromatic heterocycles. The molecule has 1 aromatic carbocycles. The fraction of sp³-hybridized carbons (Fsp3) is 0.672. The van der Waals surface area contributed by atoms with Crippen molar-refractivity contribution < 1.29 is 77.6 Å². The number of guanidine groups is 1. The van der Waals surface area contributed by atoms with E-state index in [1.54, 1.807) is 62.4 Å². The van der Waals surface area contributed by atoms with Crippen molar-refractivity contribution in [2.75, 3.05) is 20.3 Å². The molecule has 1 aromatic rings. The maximum Gasteiger partial charge on any atom is 0.329 e. The molecule has 31 heteroatoms. The van der Waals surface area contributed by atoms with Crippen LogP contribution in [0.15, 0.2) is 35.3 Å². The number of carbonyl (C=O) groups is 12. The van der Waals surface area contributed by atoms with Crippen molar-refractivity contribution in [3.05, 3.63) is 35.9 Å². The molecule has 2 aliphatic rings. The third-order valence-corrected chi connectivity index (χ3v) is 16.2. The van der Waals surface area contributed by atoms with Crippen LogP contribution in [0.4, 0.5) is 0 Å². The molecule has 0 radical (unpaired) electrons. The van der Waals surface area contributed by atoms with Crippen LogP contribution in [0.3, 0.4) is 0 Å². The Bertz CT molecular complexity index is 2650. The van der Waals surface area contributed by atoms with Crippen molar-refractivity contribution in [3.63, 3.8) is 0 Å². The number of aliphatic imine (C=N–C) groups is 1. The highest BCUT2D eigenvalue weighted by Gasteiger charge is 2.42. The van der Waals surface area contributed by atoms with Crippen LogP contribution in [0, 0.1) is 23.7 Å². The predicted molar refractivity (Wildman–Crippen MR) is 323 cm³/mol. The third-order valence-electron chi connectivity index (χ3n) is 16.2. The molecule has 1 unspecified atom stereocenters. The van der Waals surface area contributed by atoms with Crippen molar-refractivity contribution in [2.45, 2.75) is 205 Å². The van der Waals surface area contributed by atoms with E-state index in [1.807, 2.05) is 30.3 Å². The number of carbonyl (C=O) groups excluding carboxylic acids is 12. The van der Waals surface area contributed by atoms with E-state index in [1.165, 1.54) is 13.8 Å². The number of nitrogens with one attached hydrogen (secondary N) is 12. The maximum absolute atomic E-state index is 14.4. The lowest BCUT2D eigenvalue weighted by Crippen LogP contribution is -2.63. The summed E-state index contributed by atoms with van der Waals surface area (Å²) in [6, 6.07) is -7.77. The minimum Gasteiger partial charge on any atom is -0.458 e. The van der Waals surface area contributed by atoms with Gasteiger partial charge in [-0.25, -0.2) is 9.79 Å². The largest absolute Gasteiger partial charge is 0.458 e. The van der Waals surface area contributed by atoms with E-state index in [9.17, 15) is 72.9 Å². The van der Waals surface area contributed by atoms with Crippen LogP contribution < -0.4 is 75.3 Å². The van der Waals surface area contributed by atoms with Crippen molar-refractivity contribution >= 4 is 76.9 Å². The van der Waals surface area contributed by atoms with E-state index >= 15 is 0 Å². The second-order valence-corrected chi connectivity index (χ2v) is 22.9. The first kappa shape index (κ1) is 75.2. The Labute approximate surface area is 518 Å². The summed E-state index contributed by atoms with van der Waals surface area (Å²) in [5.41, 5.74) is 12.0. The molecular formula is C58H95N15O16. The van der Waals surface area contributed by atoms with Crippen LogP contribution in [-0.2, 0) is 68.7 Å². The number of rotatable bonds is 32. The van der Waals surface area contributed by atoms with Crippen LogP contribution in [-0.4, -0.2) is 197 Å². The summed E-state index contributed by atoms with van der Waals surface area (Å²) in [7, 11) is 1.59. The molecule has 0 spiro atoms. The molecule has 498 valence electrons. The molecule has 19 N–H and O–H groups in total. The average molecular weight is 1260 g/mol. The van der Waals surface area contributed by atoms with E-state index in [4.69, 9.17) is 16.2 Å². The average Bonchev–Trinajstić information content (AvgIpc) is 2.98. The number of amides is 11. The number of benzene rings is 1. The summed E-state index contributed by atoms with van der Waals surface area (Å²) < 4.78 is 5.70. The van der Waals surface area contributed by atoms with Crippen molar-refractivity contribution in [2.24, 2.45) is 40.1 Å². The van der Waals surface area contributed by atoms with Gasteiger partial charge in [-0.05, 0) is 63.0 Å². The standard InChI is InChI=1S/C58H95N15O16/c1-12-27(5)41(69-48(79)35(61-11)23-33-19-17-16-18-20-33)53(84)65-38(25-74)51(82)63-34(21-22-40(59)76)47(78)68-43(29(7)14-3)55(86)70-42(28(6)13-2)54(85)66-39(26-75)52(83)72-45-32(10)89-57(88)44(30(8)15-4)71-49(80)36(24-37-50(81)73-58(60)67-37)64-46(77)31(9)62-56(45)87/h16-20,27-32,34-39,41-45,50,61,74-75,81H,12-15,21-26H2,1-11H3,(H2,59,76)(H,62,87)(H,63,82)(H,64,77)(H,65,84)(H,66,85)(H,68,78)(H,69,79)(H,70,86)(H,71,80)(H,72,83)(H3,60,67,73)/t27-,28-,29-,30-,31-,32-,34+,35+,36-,37-,38-,39-,41-,42-,43+,44-,45+,50?/m0/s1. The molecule has 0 saturated carbocycles. The number of nitrogens with two attached hydrogens (primary N) is 2. The fourth-order valence-corrected chi connectivity index (χ4v) is 9.53. The number of cyclic esters (lactones) is 1. The quantitative estimate of drug-likeness (QED) is 0.0301. The summed E-state index contributed by atoms with van der Waals surface area (Å²) in [4.78, 5) is 169. The zero-order valence-corrected chi connectivity index (χ0v) is 52.6. The number of hydrogen-bond acceptors (Lipinski definition) is 20. The zero-order valence-electron chi connectivity index (χ0n) is 52.6. The van der Waals surface area contributed by atoms with Gasteiger partial charge in [-0.2, -0.15) is 0 Å². The molecule has 2 aliphatic heterocycles. The van der Waals surface area contributed by atoms with Crippen LogP contribution >= 0.6 is 0 Å². The zero-order chi connectivity index (χ0) is 67.0. The monoisotopic (exact) mass is 1260 g/mol. The second-order valence-electron chi connectivity index (χ2n) is 22.9. The molecule has 2 heterocycles. The number of hydrogen-bond donors (Lipinski definition) is 17. The lowest BCUT2D eigenvalue weighted by atomic mass is 9.94. The molecule has 31 nitrogen and oxygen atoms in total. The lowest BCUT2D eigenvalue weighted by molar-refractivity contribution is -0.157. The summed E-state index contributed by atoms with van der Waals surface area (Å²) in [6.45, 7) is 13.9. The van der Waals surface area contributed by atoms with E-state index in [-0.39, 0.29) is 25.2 Å². The molecule has 1 saturated heterocycles. The molecule has 89 heavy (non-hydrogen) atoms. The Morgan fingerprint density at radius 3 is 1.57 bits per heavy atom. The van der Waals surface area contributed by atoms with Gasteiger partial charge in [0.1, 0.15) is 66.5 Å². The van der Waals surface area contributed by atoms with Crippen molar-refractivity contribution in [1.82, 2.24) is 63.8 Å². The topological polar surface area (TPSA) is 484 Å². The van der Waals surface area contributed by atoms with Gasteiger partial charge in [-0.15, -0.1) is 0 Å². The van der Waals surface area contributed by atoms with Gasteiger partial charge in [0, 0.05) is 12.8 Å². The number of aliphatic hydroxyl groups is 3. The number of likely N-dealkylation sites (N-methyl/N-ethyl adjacent to an activating group) is 1. The summed E-state index contributed by atoms with van der Waals surface area (Å²) in [5.74, 6) is -13.8. The highest BCUT2D eigenvalue weighted by molar-refractivity contribution is 6.00. The van der Waals surface area contributed by atoms with Crippen LogP contribution in [0.2, 0.25) is 0 Å². The Morgan fingerprint density at radius 1 is 0.618 bits per heavy atom. The van der Waals surface area contributed by atoms with Crippen LogP contribution in [0.5, 0.6) is 0 Å².